The average molecular weight is 262 g/mol. The molecule has 1 atom stereocenters. The topological polar surface area (TPSA) is 29.5 Å². The van der Waals surface area contributed by atoms with Gasteiger partial charge in [-0.05, 0) is 19.8 Å². The number of hydrogen-bond acceptors (Lipinski definition) is 3. The maximum atomic E-state index is 11.4. The molecule has 0 heterocycles. The van der Waals surface area contributed by atoms with Gasteiger partial charge in [0.1, 0.15) is 6.04 Å². The van der Waals surface area contributed by atoms with Gasteiger partial charge in [-0.1, -0.05) is 22.5 Å². The predicted octanol–water partition coefficient (Wildman–Crippen LogP) is 1.92. The van der Waals surface area contributed by atoms with Crippen molar-refractivity contribution in [2.45, 2.75) is 31.8 Å². The molecular weight excluding hydrogens is 246 g/mol. The molecule has 0 unspecified atom stereocenters. The summed E-state index contributed by atoms with van der Waals surface area (Å²) < 4.78 is 5.63. The number of esters is 1. The average Bonchev–Trinajstić information content (AvgIpc) is 2.94. The molecule has 1 aliphatic carbocycles. The molecule has 1 aliphatic rings. The van der Waals surface area contributed by atoms with Crippen molar-refractivity contribution in [3.05, 3.63) is 11.1 Å². The van der Waals surface area contributed by atoms with Crippen molar-refractivity contribution in [2.75, 3.05) is 13.7 Å². The summed E-state index contributed by atoms with van der Waals surface area (Å²) in [6.07, 6.45) is 2.34. The largest absolute Gasteiger partial charge is 0.468 e. The van der Waals surface area contributed by atoms with Crippen LogP contribution in [0.2, 0.25) is 0 Å². The molecule has 0 bridgehead atoms. The molecule has 0 aromatic rings. The molecule has 14 heavy (non-hydrogen) atoms. The van der Waals surface area contributed by atoms with Gasteiger partial charge < -0.3 is 4.74 Å². The molecule has 1 rings (SSSR count). The van der Waals surface area contributed by atoms with Crippen LogP contribution in [0.5, 0.6) is 0 Å². The van der Waals surface area contributed by atoms with E-state index in [1.54, 1.807) is 0 Å². The molecule has 0 saturated heterocycles. The summed E-state index contributed by atoms with van der Waals surface area (Å²) >= 11 is 3.32. The van der Waals surface area contributed by atoms with E-state index in [1.807, 2.05) is 6.92 Å². The summed E-state index contributed by atoms with van der Waals surface area (Å²) in [5, 5.41) is 0. The quantitative estimate of drug-likeness (QED) is 0.709. The highest BCUT2D eigenvalue weighted by molar-refractivity contribution is 9.11. The maximum Gasteiger partial charge on any atom is 0.322 e. The third-order valence-corrected chi connectivity index (χ3v) is 2.66. The fourth-order valence-corrected chi connectivity index (χ4v) is 1.78. The van der Waals surface area contributed by atoms with Crippen LogP contribution >= 0.6 is 15.9 Å². The zero-order chi connectivity index (χ0) is 10.7. The van der Waals surface area contributed by atoms with Crippen molar-refractivity contribution >= 4 is 21.9 Å². The molecule has 1 fully saturated rings. The number of halogens is 1. The second kappa shape index (κ2) is 4.94. The Kier molecular flexibility index (Phi) is 4.13. The van der Waals surface area contributed by atoms with E-state index in [9.17, 15) is 4.79 Å². The first-order valence-electron chi connectivity index (χ1n) is 4.73. The van der Waals surface area contributed by atoms with Crippen molar-refractivity contribution in [3.8, 4) is 0 Å². The number of ether oxygens (including phenoxy) is 1. The SMILES string of the molecule is C=C(Br)CN(C1CC1)[C@H](C)C(=O)OC. The van der Waals surface area contributed by atoms with Gasteiger partial charge in [0.05, 0.1) is 7.11 Å². The lowest BCUT2D eigenvalue weighted by Gasteiger charge is -2.26. The molecule has 0 N–H and O–H groups in total. The second-order valence-electron chi connectivity index (χ2n) is 3.62. The Morgan fingerprint density at radius 3 is 2.64 bits per heavy atom. The van der Waals surface area contributed by atoms with Crippen LogP contribution in [0.25, 0.3) is 0 Å². The van der Waals surface area contributed by atoms with E-state index in [0.717, 1.165) is 4.48 Å². The van der Waals surface area contributed by atoms with Gasteiger partial charge in [-0.25, -0.2) is 0 Å². The third-order valence-electron chi connectivity index (χ3n) is 2.41. The summed E-state index contributed by atoms with van der Waals surface area (Å²) in [6, 6.07) is 0.347. The lowest BCUT2D eigenvalue weighted by atomic mass is 10.2. The van der Waals surface area contributed by atoms with Crippen LogP contribution in [0.1, 0.15) is 19.8 Å². The van der Waals surface area contributed by atoms with Crippen LogP contribution in [0.4, 0.5) is 0 Å². The highest BCUT2D eigenvalue weighted by atomic mass is 79.9. The number of methoxy groups -OCH3 is 1. The first-order chi connectivity index (χ1) is 6.56. The van der Waals surface area contributed by atoms with Gasteiger partial charge >= 0.3 is 5.97 Å². The van der Waals surface area contributed by atoms with E-state index in [0.29, 0.717) is 12.6 Å². The Hall–Kier alpha value is -0.350. The van der Waals surface area contributed by atoms with Crippen molar-refractivity contribution < 1.29 is 9.53 Å². The van der Waals surface area contributed by atoms with Crippen LogP contribution in [0.15, 0.2) is 11.1 Å². The fraction of sp³-hybridized carbons (Fsp3) is 0.700. The van der Waals surface area contributed by atoms with E-state index in [1.165, 1.54) is 20.0 Å². The van der Waals surface area contributed by atoms with Gasteiger partial charge in [-0.2, -0.15) is 0 Å². The lowest BCUT2D eigenvalue weighted by molar-refractivity contribution is -0.146. The highest BCUT2D eigenvalue weighted by Crippen LogP contribution is 2.30. The predicted molar refractivity (Wildman–Crippen MR) is 59.3 cm³/mol. The number of rotatable bonds is 5. The molecule has 0 spiro atoms. The Morgan fingerprint density at radius 2 is 2.29 bits per heavy atom. The molecule has 0 aromatic carbocycles. The molecule has 80 valence electrons. The highest BCUT2D eigenvalue weighted by Gasteiger charge is 2.35. The van der Waals surface area contributed by atoms with Crippen LogP contribution in [-0.2, 0) is 9.53 Å². The van der Waals surface area contributed by atoms with Gasteiger partial charge in [0.15, 0.2) is 0 Å². The van der Waals surface area contributed by atoms with Crippen LogP contribution in [0.3, 0.4) is 0 Å². The Morgan fingerprint density at radius 1 is 1.71 bits per heavy atom. The van der Waals surface area contributed by atoms with E-state index < -0.39 is 0 Å². The van der Waals surface area contributed by atoms with Crippen LogP contribution in [0, 0.1) is 0 Å². The standard InChI is InChI=1S/C10H16BrNO2/c1-7(11)6-12(9-4-5-9)8(2)10(13)14-3/h8-9H,1,4-6H2,2-3H3/t8-/m1/s1. The van der Waals surface area contributed by atoms with E-state index >= 15 is 0 Å². The zero-order valence-electron chi connectivity index (χ0n) is 8.62. The molecule has 1 saturated carbocycles. The van der Waals surface area contributed by atoms with Gasteiger partial charge in [0.2, 0.25) is 0 Å². The van der Waals surface area contributed by atoms with Crippen molar-refractivity contribution in [3.63, 3.8) is 0 Å². The Balaban J connectivity index is 2.56. The molecule has 4 heteroatoms. The summed E-state index contributed by atoms with van der Waals surface area (Å²) in [5.74, 6) is -0.175. The molecular formula is C10H16BrNO2. The molecule has 0 aliphatic heterocycles. The Labute approximate surface area is 93.2 Å². The van der Waals surface area contributed by atoms with Crippen LogP contribution in [-0.4, -0.2) is 36.6 Å². The number of carbonyl (C=O) groups excluding carboxylic acids is 1. The third kappa shape index (κ3) is 3.10. The van der Waals surface area contributed by atoms with E-state index in [4.69, 9.17) is 4.74 Å². The van der Waals surface area contributed by atoms with Crippen molar-refractivity contribution in [1.29, 1.82) is 0 Å². The minimum absolute atomic E-state index is 0.175. The fourth-order valence-electron chi connectivity index (χ4n) is 1.49. The number of nitrogens with zero attached hydrogens (tertiary/aromatic N) is 1. The summed E-state index contributed by atoms with van der Waals surface area (Å²) in [4.78, 5) is 13.5. The monoisotopic (exact) mass is 261 g/mol. The minimum Gasteiger partial charge on any atom is -0.468 e. The maximum absolute atomic E-state index is 11.4. The van der Waals surface area contributed by atoms with Crippen molar-refractivity contribution in [1.82, 2.24) is 4.90 Å². The van der Waals surface area contributed by atoms with Gasteiger partial charge in [-0.15, -0.1) is 0 Å². The molecule has 0 aromatic heterocycles. The molecule has 3 nitrogen and oxygen atoms in total. The molecule has 0 amide bonds. The first kappa shape index (κ1) is 11.7. The summed E-state index contributed by atoms with van der Waals surface area (Å²) in [7, 11) is 1.42. The number of carbonyl (C=O) groups is 1. The van der Waals surface area contributed by atoms with Gasteiger partial charge in [0, 0.05) is 17.1 Å². The van der Waals surface area contributed by atoms with Gasteiger partial charge in [-0.3, -0.25) is 9.69 Å². The normalized spacial score (nSPS) is 18.0. The van der Waals surface area contributed by atoms with Crippen molar-refractivity contribution in [2.24, 2.45) is 0 Å². The summed E-state index contributed by atoms with van der Waals surface area (Å²) in [5.41, 5.74) is 0. The van der Waals surface area contributed by atoms with Crippen LogP contribution < -0.4 is 0 Å². The van der Waals surface area contributed by atoms with E-state index in [2.05, 4.69) is 27.4 Å². The van der Waals surface area contributed by atoms with E-state index in [-0.39, 0.29) is 12.0 Å². The second-order valence-corrected chi connectivity index (χ2v) is 4.74. The zero-order valence-corrected chi connectivity index (χ0v) is 10.2. The Bertz CT molecular complexity index is 238. The number of hydrogen-bond donors (Lipinski definition) is 0. The smallest absolute Gasteiger partial charge is 0.322 e. The van der Waals surface area contributed by atoms with Gasteiger partial charge in [0.25, 0.3) is 0 Å². The molecule has 0 radical (unpaired) electrons. The minimum atomic E-state index is -0.179. The first-order valence-corrected chi connectivity index (χ1v) is 5.52. The summed E-state index contributed by atoms with van der Waals surface area (Å²) in [6.45, 7) is 6.38. The lowest BCUT2D eigenvalue weighted by Crippen LogP contribution is -2.41.